The van der Waals surface area contributed by atoms with E-state index in [0.717, 1.165) is 11.3 Å². The Morgan fingerprint density at radius 3 is 2.38 bits per heavy atom. The monoisotopic (exact) mass is 326 g/mol. The minimum atomic E-state index is -0.159. The highest BCUT2D eigenvalue weighted by Crippen LogP contribution is 2.19. The van der Waals surface area contributed by atoms with Crippen LogP contribution in [0.3, 0.4) is 0 Å². The fourth-order valence-corrected chi connectivity index (χ4v) is 2.28. The molecule has 0 saturated heterocycles. The van der Waals surface area contributed by atoms with Gasteiger partial charge in [-0.3, -0.25) is 19.9 Å². The summed E-state index contributed by atoms with van der Waals surface area (Å²) in [7, 11) is 0. The fraction of sp³-hybridized carbons (Fsp3) is 0.278. The highest BCUT2D eigenvalue weighted by Gasteiger charge is 2.15. The number of amides is 2. The molecule has 0 aliphatic heterocycles. The molecule has 0 fully saturated rings. The summed E-state index contributed by atoms with van der Waals surface area (Å²) in [5.41, 5.74) is 1.90. The van der Waals surface area contributed by atoms with Gasteiger partial charge < -0.3 is 10.6 Å². The third-order valence-corrected chi connectivity index (χ3v) is 3.40. The van der Waals surface area contributed by atoms with Gasteiger partial charge >= 0.3 is 0 Å². The first-order valence-corrected chi connectivity index (χ1v) is 7.87. The number of aromatic nitrogens is 1. The van der Waals surface area contributed by atoms with E-state index in [1.807, 2.05) is 48.5 Å². The minimum Gasteiger partial charge on any atom is -0.355 e. The first-order chi connectivity index (χ1) is 11.7. The molecule has 24 heavy (non-hydrogen) atoms. The second-order valence-corrected chi connectivity index (χ2v) is 5.31. The standard InChI is InChI=1S/C18H22N4O2/c1-14(23)19-11-12-21-17(24)13-22-18(15-7-3-2-4-8-15)16-9-5-6-10-20-16/h2-10,18,22H,11-13H2,1H3,(H,19,23)(H,21,24). The third kappa shape index (κ3) is 5.81. The van der Waals surface area contributed by atoms with Crippen LogP contribution < -0.4 is 16.0 Å². The molecule has 2 amide bonds. The highest BCUT2D eigenvalue weighted by molar-refractivity contribution is 5.78. The van der Waals surface area contributed by atoms with Gasteiger partial charge in [-0.15, -0.1) is 0 Å². The molecule has 3 N–H and O–H groups in total. The van der Waals surface area contributed by atoms with Crippen molar-refractivity contribution in [1.29, 1.82) is 0 Å². The number of carbonyl (C=O) groups is 2. The SMILES string of the molecule is CC(=O)NCCNC(=O)CNC(c1ccccc1)c1ccccn1. The number of benzene rings is 1. The topological polar surface area (TPSA) is 83.1 Å². The summed E-state index contributed by atoms with van der Waals surface area (Å²) >= 11 is 0. The van der Waals surface area contributed by atoms with Crippen molar-refractivity contribution in [2.45, 2.75) is 13.0 Å². The zero-order valence-corrected chi connectivity index (χ0v) is 13.7. The first-order valence-electron chi connectivity index (χ1n) is 7.87. The fourth-order valence-electron chi connectivity index (χ4n) is 2.28. The molecule has 0 spiro atoms. The van der Waals surface area contributed by atoms with Gasteiger partial charge in [0.15, 0.2) is 0 Å². The Bertz CT molecular complexity index is 607. The maximum Gasteiger partial charge on any atom is 0.234 e. The van der Waals surface area contributed by atoms with Crippen LogP contribution in [0.15, 0.2) is 54.7 Å². The molecular formula is C18H22N4O2. The maximum atomic E-state index is 11.9. The lowest BCUT2D eigenvalue weighted by Gasteiger charge is -2.18. The first kappa shape index (κ1) is 17.6. The molecule has 0 radical (unpaired) electrons. The summed E-state index contributed by atoms with van der Waals surface area (Å²) in [6, 6.07) is 15.4. The van der Waals surface area contributed by atoms with Crippen molar-refractivity contribution < 1.29 is 9.59 Å². The van der Waals surface area contributed by atoms with E-state index in [2.05, 4.69) is 20.9 Å². The Labute approximate surface area is 141 Å². The Morgan fingerprint density at radius 2 is 1.71 bits per heavy atom. The molecule has 1 aromatic carbocycles. The van der Waals surface area contributed by atoms with Crippen LogP contribution in [0.2, 0.25) is 0 Å². The van der Waals surface area contributed by atoms with Crippen LogP contribution in [0.4, 0.5) is 0 Å². The van der Waals surface area contributed by atoms with Gasteiger partial charge in [0.2, 0.25) is 11.8 Å². The van der Waals surface area contributed by atoms with E-state index in [4.69, 9.17) is 0 Å². The van der Waals surface area contributed by atoms with Crippen LogP contribution in [0.1, 0.15) is 24.2 Å². The summed E-state index contributed by atoms with van der Waals surface area (Å²) in [4.78, 5) is 27.1. The molecule has 2 rings (SSSR count). The lowest BCUT2D eigenvalue weighted by atomic mass is 10.0. The molecule has 1 unspecified atom stereocenters. The Kier molecular flexibility index (Phi) is 6.91. The molecule has 1 atom stereocenters. The summed E-state index contributed by atoms with van der Waals surface area (Å²) in [6.07, 6.45) is 1.74. The lowest BCUT2D eigenvalue weighted by molar-refractivity contribution is -0.121. The van der Waals surface area contributed by atoms with Crippen molar-refractivity contribution in [2.75, 3.05) is 19.6 Å². The quantitative estimate of drug-likeness (QED) is 0.632. The van der Waals surface area contributed by atoms with E-state index in [9.17, 15) is 9.59 Å². The van der Waals surface area contributed by atoms with E-state index < -0.39 is 0 Å². The number of rotatable bonds is 8. The van der Waals surface area contributed by atoms with E-state index in [1.165, 1.54) is 6.92 Å². The zero-order valence-electron chi connectivity index (χ0n) is 13.7. The van der Waals surface area contributed by atoms with Crippen molar-refractivity contribution >= 4 is 11.8 Å². The Morgan fingerprint density at radius 1 is 1.00 bits per heavy atom. The Hall–Kier alpha value is -2.73. The number of hydrogen-bond acceptors (Lipinski definition) is 4. The van der Waals surface area contributed by atoms with E-state index in [-0.39, 0.29) is 24.4 Å². The van der Waals surface area contributed by atoms with Crippen molar-refractivity contribution in [3.63, 3.8) is 0 Å². The second kappa shape index (κ2) is 9.42. The summed E-state index contributed by atoms with van der Waals surface area (Å²) in [6.45, 7) is 2.43. The molecule has 1 aromatic heterocycles. The normalized spacial score (nSPS) is 11.5. The van der Waals surface area contributed by atoms with Crippen molar-refractivity contribution in [3.05, 3.63) is 66.0 Å². The number of nitrogens with one attached hydrogen (secondary N) is 3. The van der Waals surface area contributed by atoms with Crippen LogP contribution in [-0.2, 0) is 9.59 Å². The van der Waals surface area contributed by atoms with Gasteiger partial charge in [-0.25, -0.2) is 0 Å². The molecule has 0 bridgehead atoms. The van der Waals surface area contributed by atoms with E-state index >= 15 is 0 Å². The predicted octanol–water partition coefficient (Wildman–Crippen LogP) is 1.01. The Balaban J connectivity index is 1.92. The van der Waals surface area contributed by atoms with Gasteiger partial charge in [0.05, 0.1) is 18.3 Å². The van der Waals surface area contributed by atoms with Gasteiger partial charge in [0.1, 0.15) is 0 Å². The van der Waals surface area contributed by atoms with Gasteiger partial charge in [-0.2, -0.15) is 0 Å². The summed E-state index contributed by atoms with van der Waals surface area (Å²) in [5, 5.41) is 8.63. The molecular weight excluding hydrogens is 304 g/mol. The van der Waals surface area contributed by atoms with Crippen LogP contribution in [-0.4, -0.2) is 36.4 Å². The van der Waals surface area contributed by atoms with Crippen LogP contribution >= 0.6 is 0 Å². The maximum absolute atomic E-state index is 11.9. The largest absolute Gasteiger partial charge is 0.355 e. The number of hydrogen-bond donors (Lipinski definition) is 3. The van der Waals surface area contributed by atoms with Gasteiger partial charge in [0, 0.05) is 26.2 Å². The van der Waals surface area contributed by atoms with Gasteiger partial charge in [-0.05, 0) is 17.7 Å². The lowest BCUT2D eigenvalue weighted by Crippen LogP contribution is -2.39. The zero-order chi connectivity index (χ0) is 17.2. The van der Waals surface area contributed by atoms with Crippen molar-refractivity contribution in [3.8, 4) is 0 Å². The van der Waals surface area contributed by atoms with Crippen molar-refractivity contribution in [2.24, 2.45) is 0 Å². The molecule has 0 aliphatic carbocycles. The van der Waals surface area contributed by atoms with Crippen LogP contribution in [0, 0.1) is 0 Å². The smallest absolute Gasteiger partial charge is 0.234 e. The molecule has 0 saturated carbocycles. The molecule has 2 aromatic rings. The number of carbonyl (C=O) groups excluding carboxylic acids is 2. The molecule has 6 heteroatoms. The number of pyridine rings is 1. The van der Waals surface area contributed by atoms with E-state index in [1.54, 1.807) is 6.20 Å². The molecule has 126 valence electrons. The second-order valence-electron chi connectivity index (χ2n) is 5.31. The summed E-state index contributed by atoms with van der Waals surface area (Å²) < 4.78 is 0. The van der Waals surface area contributed by atoms with Gasteiger partial charge in [0.25, 0.3) is 0 Å². The van der Waals surface area contributed by atoms with Crippen molar-refractivity contribution in [1.82, 2.24) is 20.9 Å². The molecule has 1 heterocycles. The van der Waals surface area contributed by atoms with Crippen LogP contribution in [0.5, 0.6) is 0 Å². The third-order valence-electron chi connectivity index (χ3n) is 3.40. The summed E-state index contributed by atoms with van der Waals surface area (Å²) in [5.74, 6) is -0.237. The predicted molar refractivity (Wildman–Crippen MR) is 92.2 cm³/mol. The van der Waals surface area contributed by atoms with Crippen LogP contribution in [0.25, 0.3) is 0 Å². The van der Waals surface area contributed by atoms with Gasteiger partial charge in [-0.1, -0.05) is 36.4 Å². The highest BCUT2D eigenvalue weighted by atomic mass is 16.2. The molecule has 0 aliphatic rings. The average molecular weight is 326 g/mol. The number of nitrogens with zero attached hydrogens (tertiary/aromatic N) is 1. The van der Waals surface area contributed by atoms with E-state index in [0.29, 0.717) is 13.1 Å². The molecule has 6 nitrogen and oxygen atoms in total. The minimum absolute atomic E-state index is 0.110. The average Bonchev–Trinajstić information content (AvgIpc) is 2.61.